The molecular weight excluding hydrogens is 208 g/mol. The third-order valence-corrected chi connectivity index (χ3v) is 2.00. The molecule has 0 amide bonds. The van der Waals surface area contributed by atoms with Crippen molar-refractivity contribution >= 4 is 6.01 Å². The minimum absolute atomic E-state index is 0.402. The molecule has 0 aliphatic heterocycles. The third-order valence-electron chi connectivity index (χ3n) is 2.00. The van der Waals surface area contributed by atoms with E-state index in [1.165, 1.54) is 0 Å². The van der Waals surface area contributed by atoms with Crippen LogP contribution in [0, 0.1) is 6.92 Å². The van der Waals surface area contributed by atoms with E-state index in [-0.39, 0.29) is 0 Å². The molecule has 0 spiro atoms. The molecule has 0 unspecified atom stereocenters. The first-order valence-electron chi connectivity index (χ1n) is 5.04. The summed E-state index contributed by atoms with van der Waals surface area (Å²) in [5.41, 5.74) is 0. The van der Waals surface area contributed by atoms with Crippen LogP contribution in [0.5, 0.6) is 0 Å². The summed E-state index contributed by atoms with van der Waals surface area (Å²) in [5, 5.41) is 13.6. The van der Waals surface area contributed by atoms with Gasteiger partial charge in [-0.15, -0.1) is 5.10 Å². The summed E-state index contributed by atoms with van der Waals surface area (Å²) >= 11 is 0. The molecule has 2 heterocycles. The maximum absolute atomic E-state index is 5.39. The van der Waals surface area contributed by atoms with E-state index in [4.69, 9.17) is 8.83 Å². The zero-order valence-electron chi connectivity index (χ0n) is 9.28. The zero-order valence-corrected chi connectivity index (χ0v) is 9.28. The van der Waals surface area contributed by atoms with Gasteiger partial charge in [0.1, 0.15) is 11.5 Å². The predicted molar refractivity (Wildman–Crippen MR) is 57.8 cm³/mol. The second-order valence-corrected chi connectivity index (χ2v) is 3.40. The smallest absolute Gasteiger partial charge is 0.315 e. The van der Waals surface area contributed by atoms with Gasteiger partial charge < -0.3 is 19.5 Å². The highest BCUT2D eigenvalue weighted by atomic mass is 16.4. The van der Waals surface area contributed by atoms with Gasteiger partial charge in [-0.3, -0.25) is 0 Å². The Labute approximate surface area is 93.0 Å². The van der Waals surface area contributed by atoms with Crippen molar-refractivity contribution in [2.45, 2.75) is 20.0 Å². The molecule has 2 N–H and O–H groups in total. The van der Waals surface area contributed by atoms with Crippen LogP contribution >= 0.6 is 0 Å². The monoisotopic (exact) mass is 222 g/mol. The average Bonchev–Trinajstić information content (AvgIpc) is 2.85. The molecule has 2 rings (SSSR count). The summed E-state index contributed by atoms with van der Waals surface area (Å²) in [4.78, 5) is 0. The highest BCUT2D eigenvalue weighted by Gasteiger charge is 2.05. The lowest BCUT2D eigenvalue weighted by atomic mass is 10.4. The van der Waals surface area contributed by atoms with Gasteiger partial charge in [-0.2, -0.15) is 0 Å². The van der Waals surface area contributed by atoms with Crippen LogP contribution in [-0.4, -0.2) is 17.2 Å². The van der Waals surface area contributed by atoms with Gasteiger partial charge in [-0.25, -0.2) is 0 Å². The van der Waals surface area contributed by atoms with Crippen molar-refractivity contribution in [2.24, 2.45) is 0 Å². The van der Waals surface area contributed by atoms with Crippen LogP contribution in [0.4, 0.5) is 6.01 Å². The molecule has 0 atom stereocenters. The lowest BCUT2D eigenvalue weighted by Crippen LogP contribution is -2.04. The normalized spacial score (nSPS) is 10.6. The van der Waals surface area contributed by atoms with Crippen molar-refractivity contribution in [1.29, 1.82) is 0 Å². The van der Waals surface area contributed by atoms with E-state index in [9.17, 15) is 0 Å². The molecule has 0 bridgehead atoms. The molecule has 0 saturated heterocycles. The molecule has 0 aliphatic carbocycles. The number of hydrogen-bond acceptors (Lipinski definition) is 6. The van der Waals surface area contributed by atoms with Crippen molar-refractivity contribution in [3.05, 3.63) is 29.5 Å². The molecule has 16 heavy (non-hydrogen) atoms. The van der Waals surface area contributed by atoms with Crippen LogP contribution in [0.1, 0.15) is 17.4 Å². The summed E-state index contributed by atoms with van der Waals surface area (Å²) in [5.74, 6) is 2.28. The second kappa shape index (κ2) is 4.80. The van der Waals surface area contributed by atoms with Gasteiger partial charge in [-0.1, -0.05) is 5.10 Å². The number of aryl methyl sites for hydroxylation is 1. The molecule has 6 nitrogen and oxygen atoms in total. The van der Waals surface area contributed by atoms with Gasteiger partial charge in [0.05, 0.1) is 13.1 Å². The molecule has 2 aromatic rings. The number of nitrogens with one attached hydrogen (secondary N) is 2. The van der Waals surface area contributed by atoms with E-state index in [0.717, 1.165) is 11.5 Å². The van der Waals surface area contributed by atoms with E-state index < -0.39 is 0 Å². The molecule has 0 radical (unpaired) electrons. The average molecular weight is 222 g/mol. The molecule has 0 fully saturated rings. The number of rotatable bonds is 5. The van der Waals surface area contributed by atoms with Gasteiger partial charge >= 0.3 is 6.01 Å². The van der Waals surface area contributed by atoms with Crippen LogP contribution in [0.2, 0.25) is 0 Å². The summed E-state index contributed by atoms with van der Waals surface area (Å²) in [6, 6.07) is 4.23. The molecule has 0 saturated carbocycles. The molecule has 0 aliphatic rings. The number of anilines is 1. The Morgan fingerprint density at radius 1 is 1.19 bits per heavy atom. The summed E-state index contributed by atoms with van der Waals surface area (Å²) in [6.45, 7) is 3.00. The minimum Gasteiger partial charge on any atom is -0.465 e. The molecule has 2 aromatic heterocycles. The lowest BCUT2D eigenvalue weighted by Gasteiger charge is -1.97. The maximum atomic E-state index is 5.39. The Morgan fingerprint density at radius 2 is 2.06 bits per heavy atom. The van der Waals surface area contributed by atoms with Crippen LogP contribution in [0.25, 0.3) is 0 Å². The van der Waals surface area contributed by atoms with Crippen molar-refractivity contribution in [3.8, 4) is 0 Å². The maximum Gasteiger partial charge on any atom is 0.315 e. The summed E-state index contributed by atoms with van der Waals surface area (Å²) in [6.07, 6.45) is 0. The number of hydrogen-bond donors (Lipinski definition) is 2. The Bertz CT molecular complexity index is 449. The number of furan rings is 1. The molecule has 86 valence electrons. The second-order valence-electron chi connectivity index (χ2n) is 3.40. The SMILES string of the molecule is CNCc1nnc(NCc2ccc(C)o2)o1. The van der Waals surface area contributed by atoms with E-state index in [2.05, 4.69) is 20.8 Å². The van der Waals surface area contributed by atoms with Gasteiger partial charge in [0.25, 0.3) is 0 Å². The minimum atomic E-state index is 0.402. The quantitative estimate of drug-likeness (QED) is 0.794. The standard InChI is InChI=1S/C10H14N4O2/c1-7-3-4-8(15-7)5-12-10-14-13-9(16-10)6-11-2/h3-4,11H,5-6H2,1-2H3,(H,12,14). The first kappa shape index (κ1) is 10.7. The number of aromatic nitrogens is 2. The first-order chi connectivity index (χ1) is 7.78. The van der Waals surface area contributed by atoms with Crippen LogP contribution in [0.15, 0.2) is 21.0 Å². The van der Waals surface area contributed by atoms with Crippen molar-refractivity contribution < 1.29 is 8.83 Å². The fraction of sp³-hybridized carbons (Fsp3) is 0.400. The van der Waals surface area contributed by atoms with Gasteiger partial charge in [0.2, 0.25) is 5.89 Å². The van der Waals surface area contributed by atoms with Crippen molar-refractivity contribution in [2.75, 3.05) is 12.4 Å². The van der Waals surface area contributed by atoms with E-state index in [1.807, 2.05) is 26.1 Å². The van der Waals surface area contributed by atoms with Crippen molar-refractivity contribution in [3.63, 3.8) is 0 Å². The topological polar surface area (TPSA) is 76.1 Å². The van der Waals surface area contributed by atoms with E-state index in [0.29, 0.717) is 25.0 Å². The fourth-order valence-electron chi connectivity index (χ4n) is 1.29. The van der Waals surface area contributed by atoms with Crippen molar-refractivity contribution in [1.82, 2.24) is 15.5 Å². The highest BCUT2D eigenvalue weighted by molar-refractivity contribution is 5.19. The van der Waals surface area contributed by atoms with Gasteiger partial charge in [0, 0.05) is 0 Å². The van der Waals surface area contributed by atoms with Crippen LogP contribution in [0.3, 0.4) is 0 Å². The van der Waals surface area contributed by atoms with E-state index in [1.54, 1.807) is 0 Å². The van der Waals surface area contributed by atoms with Gasteiger partial charge in [0.15, 0.2) is 0 Å². The van der Waals surface area contributed by atoms with Crippen LogP contribution in [-0.2, 0) is 13.1 Å². The fourth-order valence-corrected chi connectivity index (χ4v) is 1.29. The van der Waals surface area contributed by atoms with Crippen LogP contribution < -0.4 is 10.6 Å². The third kappa shape index (κ3) is 2.60. The Kier molecular flexibility index (Phi) is 3.21. The zero-order chi connectivity index (χ0) is 11.4. The summed E-state index contributed by atoms with van der Waals surface area (Å²) < 4.78 is 10.7. The molecule has 0 aromatic carbocycles. The van der Waals surface area contributed by atoms with Gasteiger partial charge in [-0.05, 0) is 26.1 Å². The molecular formula is C10H14N4O2. The lowest BCUT2D eigenvalue weighted by molar-refractivity contribution is 0.473. The Balaban J connectivity index is 1.89. The Hall–Kier alpha value is -1.82. The largest absolute Gasteiger partial charge is 0.465 e. The Morgan fingerprint density at radius 3 is 2.75 bits per heavy atom. The molecule has 6 heteroatoms. The predicted octanol–water partition coefficient (Wildman–Crippen LogP) is 1.30. The first-order valence-corrected chi connectivity index (χ1v) is 5.04. The number of nitrogens with zero attached hydrogens (tertiary/aromatic N) is 2. The van der Waals surface area contributed by atoms with E-state index >= 15 is 0 Å². The highest BCUT2D eigenvalue weighted by Crippen LogP contribution is 2.10. The summed E-state index contributed by atoms with van der Waals surface area (Å²) in [7, 11) is 1.82.